The molecule has 0 aromatic heterocycles. The molecule has 0 aliphatic carbocycles. The summed E-state index contributed by atoms with van der Waals surface area (Å²) in [5.41, 5.74) is -0.418. The molecule has 1 aliphatic heterocycles. The van der Waals surface area contributed by atoms with Crippen molar-refractivity contribution in [2.75, 3.05) is 13.1 Å². The Labute approximate surface area is 58.4 Å². The first-order valence-corrected chi connectivity index (χ1v) is 3.02. The fourth-order valence-electron chi connectivity index (χ4n) is 1.04. The van der Waals surface area contributed by atoms with Crippen LogP contribution in [0.25, 0.3) is 0 Å². The monoisotopic (exact) mass is 143 g/mol. The Kier molecular flexibility index (Phi) is 1.39. The number of hydrogen-bond donors (Lipinski definition) is 1. The first-order valence-electron chi connectivity index (χ1n) is 3.02. The molecule has 1 fully saturated rings. The summed E-state index contributed by atoms with van der Waals surface area (Å²) in [6, 6.07) is 0. The van der Waals surface area contributed by atoms with Crippen LogP contribution in [-0.4, -0.2) is 35.5 Å². The molecular formula is C6H9NO3. The molecule has 0 aromatic carbocycles. The molecule has 1 N–H and O–H groups in total. The van der Waals surface area contributed by atoms with Crippen LogP contribution in [0, 0.1) is 5.41 Å². The van der Waals surface area contributed by atoms with Crippen LogP contribution in [-0.2, 0) is 4.79 Å². The summed E-state index contributed by atoms with van der Waals surface area (Å²) in [5.74, 6) is 0. The van der Waals surface area contributed by atoms with Gasteiger partial charge in [0.1, 0.15) is 6.29 Å². The molecule has 1 rings (SSSR count). The Morgan fingerprint density at radius 1 is 1.70 bits per heavy atom. The quantitative estimate of drug-likeness (QED) is 0.533. The van der Waals surface area contributed by atoms with Crippen LogP contribution in [0.15, 0.2) is 0 Å². The van der Waals surface area contributed by atoms with Crippen molar-refractivity contribution in [1.29, 1.82) is 0 Å². The van der Waals surface area contributed by atoms with E-state index in [0.29, 0.717) is 13.1 Å². The highest BCUT2D eigenvalue weighted by atomic mass is 16.4. The molecule has 1 heterocycles. The Morgan fingerprint density at radius 2 is 2.20 bits per heavy atom. The lowest BCUT2D eigenvalue weighted by atomic mass is 9.84. The molecule has 0 bridgehead atoms. The number of amides is 1. The number of nitrogens with zero attached hydrogens (tertiary/aromatic N) is 1. The van der Waals surface area contributed by atoms with Gasteiger partial charge in [-0.25, -0.2) is 4.79 Å². The van der Waals surface area contributed by atoms with Gasteiger partial charge in [0.15, 0.2) is 0 Å². The minimum absolute atomic E-state index is 0.339. The van der Waals surface area contributed by atoms with Crippen molar-refractivity contribution >= 4 is 12.4 Å². The summed E-state index contributed by atoms with van der Waals surface area (Å²) in [5, 5.41) is 8.37. The molecule has 4 heteroatoms. The van der Waals surface area contributed by atoms with Crippen LogP contribution in [0.1, 0.15) is 6.92 Å². The van der Waals surface area contributed by atoms with E-state index in [2.05, 4.69) is 0 Å². The smallest absolute Gasteiger partial charge is 0.407 e. The van der Waals surface area contributed by atoms with E-state index in [-0.39, 0.29) is 0 Å². The summed E-state index contributed by atoms with van der Waals surface area (Å²) in [6.07, 6.45) is -0.133. The van der Waals surface area contributed by atoms with Gasteiger partial charge in [0.2, 0.25) is 0 Å². The lowest BCUT2D eigenvalue weighted by Crippen LogP contribution is -2.57. The summed E-state index contributed by atoms with van der Waals surface area (Å²) < 4.78 is 0. The fraction of sp³-hybridized carbons (Fsp3) is 0.667. The first-order chi connectivity index (χ1) is 4.57. The standard InChI is InChI=1S/C6H9NO3/c1-6(4-8)2-7(3-6)5(9)10/h4H,2-3H2,1H3,(H,9,10). The lowest BCUT2D eigenvalue weighted by Gasteiger charge is -2.42. The first kappa shape index (κ1) is 7.05. The summed E-state index contributed by atoms with van der Waals surface area (Å²) in [7, 11) is 0. The Morgan fingerprint density at radius 3 is 2.50 bits per heavy atom. The van der Waals surface area contributed by atoms with Gasteiger partial charge in [0.05, 0.1) is 5.41 Å². The molecule has 0 unspecified atom stereocenters. The van der Waals surface area contributed by atoms with Crippen LogP contribution in [0.4, 0.5) is 4.79 Å². The molecule has 0 aromatic rings. The van der Waals surface area contributed by atoms with Crippen LogP contribution in [0.3, 0.4) is 0 Å². The van der Waals surface area contributed by atoms with Crippen molar-refractivity contribution in [3.8, 4) is 0 Å². The molecule has 4 nitrogen and oxygen atoms in total. The van der Waals surface area contributed by atoms with Gasteiger partial charge < -0.3 is 14.8 Å². The zero-order valence-electron chi connectivity index (χ0n) is 5.70. The van der Waals surface area contributed by atoms with E-state index >= 15 is 0 Å². The van der Waals surface area contributed by atoms with Gasteiger partial charge in [-0.3, -0.25) is 0 Å². The number of carbonyl (C=O) groups excluding carboxylic acids is 1. The highest BCUT2D eigenvalue weighted by Crippen LogP contribution is 2.26. The Hall–Kier alpha value is -1.06. The van der Waals surface area contributed by atoms with Crippen molar-refractivity contribution in [3.05, 3.63) is 0 Å². The fourth-order valence-corrected chi connectivity index (χ4v) is 1.04. The second-order valence-corrected chi connectivity index (χ2v) is 2.91. The van der Waals surface area contributed by atoms with E-state index in [1.54, 1.807) is 6.92 Å². The SMILES string of the molecule is CC1(C=O)CN(C(=O)O)C1. The predicted molar refractivity (Wildman–Crippen MR) is 33.8 cm³/mol. The molecule has 10 heavy (non-hydrogen) atoms. The average Bonchev–Trinajstić information content (AvgIpc) is 1.80. The maximum Gasteiger partial charge on any atom is 0.407 e. The second-order valence-electron chi connectivity index (χ2n) is 2.91. The number of carbonyl (C=O) groups is 2. The van der Waals surface area contributed by atoms with Gasteiger partial charge in [0, 0.05) is 13.1 Å². The van der Waals surface area contributed by atoms with Gasteiger partial charge in [-0.1, -0.05) is 0 Å². The lowest BCUT2D eigenvalue weighted by molar-refractivity contribution is -0.122. The molecule has 1 saturated heterocycles. The molecule has 0 radical (unpaired) electrons. The van der Waals surface area contributed by atoms with Crippen molar-refractivity contribution < 1.29 is 14.7 Å². The number of likely N-dealkylation sites (tertiary alicyclic amines) is 1. The molecule has 1 amide bonds. The van der Waals surface area contributed by atoms with Crippen LogP contribution >= 0.6 is 0 Å². The number of aldehydes is 1. The second kappa shape index (κ2) is 1.97. The largest absolute Gasteiger partial charge is 0.465 e. The molecule has 56 valence electrons. The Bertz CT molecular complexity index is 172. The minimum Gasteiger partial charge on any atom is -0.465 e. The van der Waals surface area contributed by atoms with Crippen LogP contribution in [0.2, 0.25) is 0 Å². The van der Waals surface area contributed by atoms with Crippen molar-refractivity contribution in [1.82, 2.24) is 4.90 Å². The van der Waals surface area contributed by atoms with Crippen molar-refractivity contribution in [2.45, 2.75) is 6.92 Å². The number of hydrogen-bond acceptors (Lipinski definition) is 2. The molecule has 1 aliphatic rings. The van der Waals surface area contributed by atoms with E-state index in [4.69, 9.17) is 5.11 Å². The van der Waals surface area contributed by atoms with Crippen LogP contribution in [0.5, 0.6) is 0 Å². The molecule has 0 atom stereocenters. The highest BCUT2D eigenvalue weighted by molar-refractivity contribution is 5.71. The zero-order valence-corrected chi connectivity index (χ0v) is 5.70. The van der Waals surface area contributed by atoms with Gasteiger partial charge in [0.25, 0.3) is 0 Å². The van der Waals surface area contributed by atoms with Gasteiger partial charge in [-0.05, 0) is 6.92 Å². The van der Waals surface area contributed by atoms with Gasteiger partial charge in [-0.2, -0.15) is 0 Å². The third kappa shape index (κ3) is 0.964. The van der Waals surface area contributed by atoms with Gasteiger partial charge in [-0.15, -0.1) is 0 Å². The third-order valence-electron chi connectivity index (χ3n) is 1.66. The van der Waals surface area contributed by atoms with E-state index in [9.17, 15) is 9.59 Å². The summed E-state index contributed by atoms with van der Waals surface area (Å²) in [6.45, 7) is 2.43. The van der Waals surface area contributed by atoms with E-state index in [1.807, 2.05) is 0 Å². The number of rotatable bonds is 1. The zero-order chi connectivity index (χ0) is 7.78. The third-order valence-corrected chi connectivity index (χ3v) is 1.66. The van der Waals surface area contributed by atoms with E-state index in [0.717, 1.165) is 6.29 Å². The maximum absolute atomic E-state index is 10.3. The van der Waals surface area contributed by atoms with E-state index < -0.39 is 11.5 Å². The van der Waals surface area contributed by atoms with Crippen LogP contribution < -0.4 is 0 Å². The molecule has 0 spiro atoms. The van der Waals surface area contributed by atoms with Gasteiger partial charge >= 0.3 is 6.09 Å². The Balaban J connectivity index is 2.43. The maximum atomic E-state index is 10.3. The number of carboxylic acid groups (broad SMARTS) is 1. The van der Waals surface area contributed by atoms with E-state index in [1.165, 1.54) is 4.90 Å². The molecular weight excluding hydrogens is 134 g/mol. The molecule has 0 saturated carbocycles. The van der Waals surface area contributed by atoms with Crippen molar-refractivity contribution in [3.63, 3.8) is 0 Å². The van der Waals surface area contributed by atoms with Crippen molar-refractivity contribution in [2.24, 2.45) is 5.41 Å². The normalized spacial score (nSPS) is 21.5. The highest BCUT2D eigenvalue weighted by Gasteiger charge is 2.41. The average molecular weight is 143 g/mol. The minimum atomic E-state index is -0.945. The summed E-state index contributed by atoms with van der Waals surface area (Å²) in [4.78, 5) is 21.7. The predicted octanol–water partition coefficient (Wildman–Crippen LogP) is 0.185. The topological polar surface area (TPSA) is 57.6 Å². The summed E-state index contributed by atoms with van der Waals surface area (Å²) >= 11 is 0.